The van der Waals surface area contributed by atoms with Gasteiger partial charge in [-0.2, -0.15) is 0 Å². The Morgan fingerprint density at radius 1 is 0.895 bits per heavy atom. The van der Waals surface area contributed by atoms with Gasteiger partial charge in [-0.1, -0.05) is 60.7 Å². The second kappa shape index (κ2) is 7.72. The van der Waals surface area contributed by atoms with Crippen LogP contribution in [0.25, 0.3) is 0 Å². The van der Waals surface area contributed by atoms with Gasteiger partial charge < -0.3 is 9.84 Å². The summed E-state index contributed by atoms with van der Waals surface area (Å²) < 4.78 is 5.52. The van der Waals surface area contributed by atoms with Crippen LogP contribution in [-0.4, -0.2) is 18.3 Å². The summed E-state index contributed by atoms with van der Waals surface area (Å²) in [6.07, 6.45) is 1.46. The van der Waals surface area contributed by atoms with Crippen LogP contribution in [-0.2, 0) is 11.2 Å². The fraction of sp³-hybridized carbons (Fsp3) is 0.294. The average molecular weight is 256 g/mol. The van der Waals surface area contributed by atoms with Crippen molar-refractivity contribution in [3.8, 4) is 0 Å². The summed E-state index contributed by atoms with van der Waals surface area (Å²) >= 11 is 0. The van der Waals surface area contributed by atoms with Crippen LogP contribution in [0.15, 0.2) is 60.7 Å². The maximum Gasteiger partial charge on any atom is 0.102 e. The van der Waals surface area contributed by atoms with E-state index in [0.29, 0.717) is 13.2 Å². The van der Waals surface area contributed by atoms with E-state index in [0.717, 1.165) is 18.4 Å². The minimum Gasteiger partial charge on any atom is -0.386 e. The lowest BCUT2D eigenvalue weighted by Gasteiger charge is -2.11. The SMILES string of the molecule is O[C@@H](COCCCc1ccccc1)c1ccccc1. The molecule has 2 heteroatoms. The molecule has 1 atom stereocenters. The smallest absolute Gasteiger partial charge is 0.102 e. The zero-order valence-corrected chi connectivity index (χ0v) is 11.0. The lowest BCUT2D eigenvalue weighted by molar-refractivity contribution is 0.0352. The van der Waals surface area contributed by atoms with E-state index in [1.54, 1.807) is 0 Å². The van der Waals surface area contributed by atoms with Crippen LogP contribution in [0.1, 0.15) is 23.7 Å². The highest BCUT2D eigenvalue weighted by Crippen LogP contribution is 2.12. The number of aryl methyl sites for hydroxylation is 1. The molecule has 0 aliphatic heterocycles. The molecule has 19 heavy (non-hydrogen) atoms. The average Bonchev–Trinajstić information content (AvgIpc) is 2.49. The van der Waals surface area contributed by atoms with Gasteiger partial charge in [0, 0.05) is 6.61 Å². The van der Waals surface area contributed by atoms with Crippen molar-refractivity contribution in [2.24, 2.45) is 0 Å². The van der Waals surface area contributed by atoms with Crippen molar-refractivity contribution in [1.82, 2.24) is 0 Å². The van der Waals surface area contributed by atoms with Crippen LogP contribution in [0, 0.1) is 0 Å². The summed E-state index contributed by atoms with van der Waals surface area (Å²) in [6.45, 7) is 1.04. The molecule has 2 nitrogen and oxygen atoms in total. The number of ether oxygens (including phenoxy) is 1. The molecule has 0 unspecified atom stereocenters. The molecule has 0 spiro atoms. The molecule has 0 saturated carbocycles. The number of rotatable bonds is 7. The molecule has 0 bridgehead atoms. The Balaban J connectivity index is 1.62. The van der Waals surface area contributed by atoms with Crippen LogP contribution in [0.3, 0.4) is 0 Å². The van der Waals surface area contributed by atoms with Gasteiger partial charge in [0.2, 0.25) is 0 Å². The highest BCUT2D eigenvalue weighted by molar-refractivity contribution is 5.17. The van der Waals surface area contributed by atoms with E-state index in [9.17, 15) is 5.11 Å². The first-order chi connectivity index (χ1) is 9.36. The number of aliphatic hydroxyl groups is 1. The molecule has 0 fully saturated rings. The van der Waals surface area contributed by atoms with E-state index in [2.05, 4.69) is 24.3 Å². The van der Waals surface area contributed by atoms with Crippen molar-refractivity contribution >= 4 is 0 Å². The Hall–Kier alpha value is -1.64. The van der Waals surface area contributed by atoms with Gasteiger partial charge in [-0.15, -0.1) is 0 Å². The predicted molar refractivity (Wildman–Crippen MR) is 77.0 cm³/mol. The summed E-state index contributed by atoms with van der Waals surface area (Å²) in [7, 11) is 0. The zero-order chi connectivity index (χ0) is 13.3. The molecule has 100 valence electrons. The Kier molecular flexibility index (Phi) is 5.60. The molecular formula is C17H20O2. The fourth-order valence-electron chi connectivity index (χ4n) is 1.99. The van der Waals surface area contributed by atoms with Crippen LogP contribution in [0.5, 0.6) is 0 Å². The molecule has 0 aliphatic carbocycles. The molecule has 1 N–H and O–H groups in total. The van der Waals surface area contributed by atoms with Crippen molar-refractivity contribution < 1.29 is 9.84 Å². The number of hydrogen-bond donors (Lipinski definition) is 1. The molecule has 2 aromatic rings. The van der Waals surface area contributed by atoms with Crippen molar-refractivity contribution in [2.45, 2.75) is 18.9 Å². The second-order valence-corrected chi connectivity index (χ2v) is 4.59. The van der Waals surface area contributed by atoms with Gasteiger partial charge in [0.1, 0.15) is 6.10 Å². The van der Waals surface area contributed by atoms with Crippen LogP contribution in [0.2, 0.25) is 0 Å². The second-order valence-electron chi connectivity index (χ2n) is 4.59. The Morgan fingerprint density at radius 2 is 1.53 bits per heavy atom. The maximum atomic E-state index is 9.91. The summed E-state index contributed by atoms with van der Waals surface area (Å²) in [5, 5.41) is 9.91. The molecule has 0 radical (unpaired) electrons. The van der Waals surface area contributed by atoms with Crippen molar-refractivity contribution in [3.05, 3.63) is 71.8 Å². The topological polar surface area (TPSA) is 29.5 Å². The van der Waals surface area contributed by atoms with E-state index >= 15 is 0 Å². The van der Waals surface area contributed by atoms with Gasteiger partial charge in [-0.05, 0) is 24.0 Å². The van der Waals surface area contributed by atoms with Crippen LogP contribution >= 0.6 is 0 Å². The van der Waals surface area contributed by atoms with Gasteiger partial charge in [0.15, 0.2) is 0 Å². The van der Waals surface area contributed by atoms with Crippen molar-refractivity contribution in [2.75, 3.05) is 13.2 Å². The minimum atomic E-state index is -0.530. The van der Waals surface area contributed by atoms with E-state index in [1.807, 2.05) is 36.4 Å². The minimum absolute atomic E-state index is 0.360. The maximum absolute atomic E-state index is 9.91. The van der Waals surface area contributed by atoms with Gasteiger partial charge in [0.25, 0.3) is 0 Å². The fourth-order valence-corrected chi connectivity index (χ4v) is 1.99. The Labute approximate surface area is 114 Å². The summed E-state index contributed by atoms with van der Waals surface area (Å²) in [4.78, 5) is 0. The number of hydrogen-bond acceptors (Lipinski definition) is 2. The van der Waals surface area contributed by atoms with Gasteiger partial charge in [0.05, 0.1) is 6.61 Å². The largest absolute Gasteiger partial charge is 0.386 e. The zero-order valence-electron chi connectivity index (χ0n) is 11.0. The monoisotopic (exact) mass is 256 g/mol. The lowest BCUT2D eigenvalue weighted by atomic mass is 10.1. The lowest BCUT2D eigenvalue weighted by Crippen LogP contribution is -2.08. The predicted octanol–water partition coefficient (Wildman–Crippen LogP) is 3.37. The first kappa shape index (κ1) is 13.8. The number of aliphatic hydroxyl groups excluding tert-OH is 1. The van der Waals surface area contributed by atoms with Crippen LogP contribution < -0.4 is 0 Å². The van der Waals surface area contributed by atoms with Crippen LogP contribution in [0.4, 0.5) is 0 Å². The molecule has 0 heterocycles. The summed E-state index contributed by atoms with van der Waals surface area (Å²) in [5.41, 5.74) is 2.24. The summed E-state index contributed by atoms with van der Waals surface area (Å²) in [6, 6.07) is 20.0. The van der Waals surface area contributed by atoms with E-state index in [4.69, 9.17) is 4.74 Å². The van der Waals surface area contributed by atoms with E-state index in [1.165, 1.54) is 5.56 Å². The molecule has 0 aromatic heterocycles. The summed E-state index contributed by atoms with van der Waals surface area (Å²) in [5.74, 6) is 0. The third kappa shape index (κ3) is 4.86. The third-order valence-corrected chi connectivity index (χ3v) is 3.06. The highest BCUT2D eigenvalue weighted by atomic mass is 16.5. The van der Waals surface area contributed by atoms with Gasteiger partial charge in [-0.3, -0.25) is 0 Å². The standard InChI is InChI=1S/C17H20O2/c18-17(16-11-5-2-6-12-16)14-19-13-7-10-15-8-3-1-4-9-15/h1-6,8-9,11-12,17-18H,7,10,13-14H2/t17-/m0/s1. The molecular weight excluding hydrogens is 236 g/mol. The highest BCUT2D eigenvalue weighted by Gasteiger charge is 2.06. The van der Waals surface area contributed by atoms with E-state index < -0.39 is 6.10 Å². The molecule has 0 saturated heterocycles. The van der Waals surface area contributed by atoms with Crippen molar-refractivity contribution in [1.29, 1.82) is 0 Å². The first-order valence-corrected chi connectivity index (χ1v) is 6.71. The Morgan fingerprint density at radius 3 is 2.21 bits per heavy atom. The quantitative estimate of drug-likeness (QED) is 0.770. The number of benzene rings is 2. The van der Waals surface area contributed by atoms with E-state index in [-0.39, 0.29) is 0 Å². The van der Waals surface area contributed by atoms with Gasteiger partial charge in [-0.25, -0.2) is 0 Å². The normalized spacial score (nSPS) is 12.3. The molecule has 2 aromatic carbocycles. The first-order valence-electron chi connectivity index (χ1n) is 6.71. The molecule has 0 aliphatic rings. The van der Waals surface area contributed by atoms with Gasteiger partial charge >= 0.3 is 0 Å². The van der Waals surface area contributed by atoms with Crippen molar-refractivity contribution in [3.63, 3.8) is 0 Å². The Bertz CT molecular complexity index is 453. The molecule has 2 rings (SSSR count). The third-order valence-electron chi connectivity index (χ3n) is 3.06. The molecule has 0 amide bonds.